The van der Waals surface area contributed by atoms with E-state index in [0.29, 0.717) is 12.1 Å². The van der Waals surface area contributed by atoms with Gasteiger partial charge in [0.1, 0.15) is 0 Å². The number of nitrogens with zero attached hydrogens (tertiary/aromatic N) is 1. The molecule has 6 heteroatoms. The van der Waals surface area contributed by atoms with E-state index < -0.39 is 0 Å². The zero-order valence-corrected chi connectivity index (χ0v) is 12.5. The predicted octanol–water partition coefficient (Wildman–Crippen LogP) is 2.68. The average molecular weight is 326 g/mol. The molecular weight excluding hydrogens is 310 g/mol. The van der Waals surface area contributed by atoms with Crippen LogP contribution in [0.5, 0.6) is 0 Å². The van der Waals surface area contributed by atoms with Gasteiger partial charge in [-0.05, 0) is 31.2 Å². The topological polar surface area (TPSA) is 70.6 Å². The fourth-order valence-electron chi connectivity index (χ4n) is 1.25. The molecule has 0 aliphatic heterocycles. The maximum atomic E-state index is 11.7. The Bertz CT molecular complexity index is 483. The van der Waals surface area contributed by atoms with E-state index in [1.807, 2.05) is 12.1 Å². The molecule has 2 N–H and O–H groups in total. The number of hydrogen-bond acceptors (Lipinski definition) is 3. The first-order valence-electron chi connectivity index (χ1n) is 5.88. The van der Waals surface area contributed by atoms with Crippen LogP contribution in [0.4, 0.5) is 5.69 Å². The van der Waals surface area contributed by atoms with Crippen LogP contribution in [0.15, 0.2) is 33.8 Å². The van der Waals surface area contributed by atoms with Gasteiger partial charge in [0.2, 0.25) is 11.8 Å². The third-order valence-electron chi connectivity index (χ3n) is 2.24. The van der Waals surface area contributed by atoms with E-state index in [1.165, 1.54) is 0 Å². The van der Waals surface area contributed by atoms with Gasteiger partial charge < -0.3 is 5.32 Å². The van der Waals surface area contributed by atoms with Gasteiger partial charge in [-0.25, -0.2) is 5.43 Å². The summed E-state index contributed by atoms with van der Waals surface area (Å²) in [5.74, 6) is -0.345. The van der Waals surface area contributed by atoms with Crippen LogP contribution in [0.2, 0.25) is 0 Å². The average Bonchev–Trinajstić information content (AvgIpc) is 2.38. The second-order valence-electron chi connectivity index (χ2n) is 3.97. The molecule has 0 aliphatic carbocycles. The highest BCUT2D eigenvalue weighted by Gasteiger charge is 2.05. The zero-order chi connectivity index (χ0) is 14.3. The van der Waals surface area contributed by atoms with Crippen LogP contribution >= 0.6 is 15.9 Å². The van der Waals surface area contributed by atoms with Crippen molar-refractivity contribution in [3.8, 4) is 0 Å². The molecular formula is C13H16BrN3O2. The molecule has 1 rings (SSSR count). The monoisotopic (exact) mass is 325 g/mol. The maximum absolute atomic E-state index is 11.7. The van der Waals surface area contributed by atoms with Crippen molar-refractivity contribution in [3.63, 3.8) is 0 Å². The summed E-state index contributed by atoms with van der Waals surface area (Å²) in [7, 11) is 0. The highest BCUT2D eigenvalue weighted by molar-refractivity contribution is 9.10. The van der Waals surface area contributed by atoms with E-state index in [9.17, 15) is 9.59 Å². The Morgan fingerprint density at radius 1 is 1.21 bits per heavy atom. The van der Waals surface area contributed by atoms with E-state index in [2.05, 4.69) is 31.8 Å². The molecule has 0 saturated carbocycles. The minimum absolute atomic E-state index is 0.139. The normalized spacial score (nSPS) is 11.0. The summed E-state index contributed by atoms with van der Waals surface area (Å²) in [5, 5.41) is 6.59. The van der Waals surface area contributed by atoms with Crippen molar-refractivity contribution in [1.29, 1.82) is 0 Å². The Morgan fingerprint density at radius 3 is 2.42 bits per heavy atom. The first-order chi connectivity index (χ1) is 9.01. The number of halogens is 1. The number of benzene rings is 1. The molecule has 0 aliphatic rings. The quantitative estimate of drug-likeness (QED) is 0.645. The molecule has 0 heterocycles. The zero-order valence-electron chi connectivity index (χ0n) is 10.9. The summed E-state index contributed by atoms with van der Waals surface area (Å²) in [6.45, 7) is 3.43. The molecule has 0 atom stereocenters. The molecule has 0 spiro atoms. The maximum Gasteiger partial charge on any atom is 0.239 e. The van der Waals surface area contributed by atoms with Gasteiger partial charge in [-0.2, -0.15) is 5.10 Å². The molecule has 1 aromatic carbocycles. The molecule has 2 amide bonds. The van der Waals surface area contributed by atoms with Crippen molar-refractivity contribution in [2.45, 2.75) is 26.7 Å². The van der Waals surface area contributed by atoms with Crippen LogP contribution < -0.4 is 10.7 Å². The Morgan fingerprint density at radius 2 is 1.84 bits per heavy atom. The van der Waals surface area contributed by atoms with Crippen LogP contribution in [0.3, 0.4) is 0 Å². The number of carbonyl (C=O) groups excluding carboxylic acids is 2. The van der Waals surface area contributed by atoms with E-state index in [-0.39, 0.29) is 18.2 Å². The Labute approximate surface area is 120 Å². The lowest BCUT2D eigenvalue weighted by Crippen LogP contribution is -2.20. The van der Waals surface area contributed by atoms with Gasteiger partial charge in [-0.1, -0.05) is 22.9 Å². The second kappa shape index (κ2) is 7.68. The number of nitrogens with one attached hydrogen (secondary N) is 2. The first-order valence-corrected chi connectivity index (χ1v) is 6.68. The summed E-state index contributed by atoms with van der Waals surface area (Å²) < 4.78 is 0.950. The lowest BCUT2D eigenvalue weighted by atomic mass is 10.2. The fourth-order valence-corrected chi connectivity index (χ4v) is 1.51. The van der Waals surface area contributed by atoms with Crippen molar-refractivity contribution in [3.05, 3.63) is 28.7 Å². The van der Waals surface area contributed by atoms with E-state index >= 15 is 0 Å². The van der Waals surface area contributed by atoms with Gasteiger partial charge in [0.05, 0.1) is 6.42 Å². The molecule has 102 valence electrons. The lowest BCUT2D eigenvalue weighted by molar-refractivity contribution is -0.121. The number of hydrogen-bond donors (Lipinski definition) is 2. The van der Waals surface area contributed by atoms with Gasteiger partial charge in [0, 0.05) is 22.3 Å². The van der Waals surface area contributed by atoms with E-state index in [0.717, 1.165) is 10.2 Å². The minimum atomic E-state index is -0.173. The molecule has 5 nitrogen and oxygen atoms in total. The second-order valence-corrected chi connectivity index (χ2v) is 4.88. The number of carbonyl (C=O) groups is 2. The summed E-state index contributed by atoms with van der Waals surface area (Å²) in [4.78, 5) is 22.7. The van der Waals surface area contributed by atoms with Crippen molar-refractivity contribution in [1.82, 2.24) is 5.43 Å². The van der Waals surface area contributed by atoms with Gasteiger partial charge in [-0.3, -0.25) is 9.59 Å². The molecule has 0 aromatic heterocycles. The Kier molecular flexibility index (Phi) is 6.21. The number of amides is 2. The van der Waals surface area contributed by atoms with Crippen LogP contribution in [0.25, 0.3) is 0 Å². The Hall–Kier alpha value is -1.69. The molecule has 19 heavy (non-hydrogen) atoms. The third-order valence-corrected chi connectivity index (χ3v) is 2.77. The minimum Gasteiger partial charge on any atom is -0.326 e. The summed E-state index contributed by atoms with van der Waals surface area (Å²) >= 11 is 3.32. The van der Waals surface area contributed by atoms with Crippen LogP contribution in [0.1, 0.15) is 26.7 Å². The van der Waals surface area contributed by atoms with Gasteiger partial charge >= 0.3 is 0 Å². The van der Waals surface area contributed by atoms with Crippen LogP contribution in [-0.4, -0.2) is 17.5 Å². The molecule has 1 aromatic rings. The highest BCUT2D eigenvalue weighted by atomic mass is 79.9. The SMILES string of the molecule is CCC(=O)NN=C(C)CC(=O)Nc1ccc(Br)cc1. The smallest absolute Gasteiger partial charge is 0.239 e. The number of rotatable bonds is 5. The molecule has 0 saturated heterocycles. The van der Waals surface area contributed by atoms with Gasteiger partial charge in [-0.15, -0.1) is 0 Å². The number of hydrazone groups is 1. The summed E-state index contributed by atoms with van der Waals surface area (Å²) in [5.41, 5.74) is 3.64. The van der Waals surface area contributed by atoms with Crippen molar-refractivity contribution in [2.24, 2.45) is 5.10 Å². The van der Waals surface area contributed by atoms with Crippen LogP contribution in [0, 0.1) is 0 Å². The van der Waals surface area contributed by atoms with Crippen molar-refractivity contribution < 1.29 is 9.59 Å². The first kappa shape index (κ1) is 15.4. The predicted molar refractivity (Wildman–Crippen MR) is 78.9 cm³/mol. The van der Waals surface area contributed by atoms with E-state index in [1.54, 1.807) is 26.0 Å². The molecule has 0 fully saturated rings. The summed E-state index contributed by atoms with van der Waals surface area (Å²) in [6.07, 6.45) is 0.502. The third kappa shape index (κ3) is 6.15. The fraction of sp³-hybridized carbons (Fsp3) is 0.308. The van der Waals surface area contributed by atoms with Gasteiger partial charge in [0.25, 0.3) is 0 Å². The van der Waals surface area contributed by atoms with Crippen LogP contribution in [-0.2, 0) is 9.59 Å². The summed E-state index contributed by atoms with van der Waals surface area (Å²) in [6, 6.07) is 7.29. The molecule has 0 bridgehead atoms. The molecule has 0 radical (unpaired) electrons. The number of anilines is 1. The van der Waals surface area contributed by atoms with Crippen molar-refractivity contribution in [2.75, 3.05) is 5.32 Å². The largest absolute Gasteiger partial charge is 0.326 e. The Balaban J connectivity index is 2.46. The van der Waals surface area contributed by atoms with Gasteiger partial charge in [0.15, 0.2) is 0 Å². The van der Waals surface area contributed by atoms with Crippen molar-refractivity contribution >= 4 is 39.1 Å². The standard InChI is InChI=1S/C13H16BrN3O2/c1-3-12(18)17-16-9(2)8-13(19)15-11-6-4-10(14)5-7-11/h4-7H,3,8H2,1-2H3,(H,15,19)(H,17,18). The van der Waals surface area contributed by atoms with E-state index in [4.69, 9.17) is 0 Å². The lowest BCUT2D eigenvalue weighted by Gasteiger charge is -2.05. The highest BCUT2D eigenvalue weighted by Crippen LogP contribution is 2.14. The molecule has 0 unspecified atom stereocenters.